The van der Waals surface area contributed by atoms with E-state index in [9.17, 15) is 4.79 Å². The summed E-state index contributed by atoms with van der Waals surface area (Å²) in [5, 5.41) is 4.64. The summed E-state index contributed by atoms with van der Waals surface area (Å²) in [7, 11) is 1.84. The second-order valence-corrected chi connectivity index (χ2v) is 11.0. The highest BCUT2D eigenvalue weighted by Gasteiger charge is 2.35. The van der Waals surface area contributed by atoms with E-state index in [1.165, 1.54) is 17.7 Å². The van der Waals surface area contributed by atoms with Crippen LogP contribution in [0.5, 0.6) is 0 Å². The zero-order chi connectivity index (χ0) is 22.6. The number of piperidine rings is 1. The lowest BCUT2D eigenvalue weighted by atomic mass is 10.0. The van der Waals surface area contributed by atoms with E-state index < -0.39 is 5.60 Å². The van der Waals surface area contributed by atoms with Gasteiger partial charge >= 0.3 is 6.09 Å². The third kappa shape index (κ3) is 7.09. The van der Waals surface area contributed by atoms with Crippen LogP contribution in [0.15, 0.2) is 4.99 Å². The van der Waals surface area contributed by atoms with Crippen molar-refractivity contribution in [2.24, 2.45) is 10.9 Å². The van der Waals surface area contributed by atoms with Crippen molar-refractivity contribution in [1.82, 2.24) is 20.1 Å². The Morgan fingerprint density at radius 2 is 1.94 bits per heavy atom. The van der Waals surface area contributed by atoms with Crippen LogP contribution in [-0.2, 0) is 11.2 Å². The monoisotopic (exact) mass is 449 g/mol. The van der Waals surface area contributed by atoms with Crippen molar-refractivity contribution >= 4 is 23.4 Å². The number of carbonyl (C=O) groups excluding carboxylic acids is 1. The molecule has 31 heavy (non-hydrogen) atoms. The third-order valence-corrected chi connectivity index (χ3v) is 6.96. The minimum atomic E-state index is -0.458. The molecule has 8 heteroatoms. The molecule has 0 radical (unpaired) electrons. The highest BCUT2D eigenvalue weighted by Crippen LogP contribution is 2.32. The molecule has 1 aliphatic heterocycles. The molecule has 0 unspecified atom stereocenters. The van der Waals surface area contributed by atoms with E-state index in [0.29, 0.717) is 5.92 Å². The van der Waals surface area contributed by atoms with Crippen molar-refractivity contribution in [3.63, 3.8) is 0 Å². The summed E-state index contributed by atoms with van der Waals surface area (Å²) in [4.78, 5) is 27.5. The molecular weight excluding hydrogens is 410 g/mol. The summed E-state index contributed by atoms with van der Waals surface area (Å²) >= 11 is 1.78. The Morgan fingerprint density at radius 1 is 1.26 bits per heavy atom. The number of aryl methyl sites for hydroxylation is 2. The number of thiazole rings is 1. The molecule has 0 aromatic carbocycles. The Bertz CT molecular complexity index is 773. The van der Waals surface area contributed by atoms with Crippen LogP contribution in [0.2, 0.25) is 0 Å². The van der Waals surface area contributed by atoms with Crippen molar-refractivity contribution in [2.45, 2.75) is 78.4 Å². The zero-order valence-electron chi connectivity index (χ0n) is 20.0. The fourth-order valence-corrected chi connectivity index (χ4v) is 5.02. The first-order valence-corrected chi connectivity index (χ1v) is 12.4. The number of aromatic nitrogens is 1. The topological polar surface area (TPSA) is 70.1 Å². The molecule has 1 aliphatic carbocycles. The number of nitrogens with one attached hydrogen (secondary N) is 1. The van der Waals surface area contributed by atoms with Crippen molar-refractivity contribution in [3.8, 4) is 0 Å². The first kappa shape index (κ1) is 23.8. The van der Waals surface area contributed by atoms with Gasteiger partial charge in [0.2, 0.25) is 0 Å². The molecule has 2 heterocycles. The minimum Gasteiger partial charge on any atom is -0.444 e. The van der Waals surface area contributed by atoms with Gasteiger partial charge in [-0.25, -0.2) is 9.78 Å². The maximum atomic E-state index is 12.8. The maximum Gasteiger partial charge on any atom is 0.410 e. The number of rotatable bonds is 6. The zero-order valence-corrected chi connectivity index (χ0v) is 20.8. The second kappa shape index (κ2) is 10.2. The number of carbonyl (C=O) groups is 1. The standard InChI is InChI=1S/C23H39N5O2S/c1-16-20(31-17(2)26-16)9-12-25-21(24-6)27-13-10-19(11-14-27)28(15-18-7-8-18)22(29)30-23(3,4)5/h18-19H,7-15H2,1-6H3,(H,24,25). The fourth-order valence-electron chi connectivity index (χ4n) is 4.09. The van der Waals surface area contributed by atoms with Gasteiger partial charge in [0.05, 0.1) is 10.7 Å². The van der Waals surface area contributed by atoms with Crippen LogP contribution in [0.25, 0.3) is 0 Å². The van der Waals surface area contributed by atoms with Crippen LogP contribution in [-0.4, -0.2) is 71.7 Å². The first-order chi connectivity index (χ1) is 14.7. The first-order valence-electron chi connectivity index (χ1n) is 11.5. The van der Waals surface area contributed by atoms with Crippen molar-refractivity contribution < 1.29 is 9.53 Å². The molecule has 1 N–H and O–H groups in total. The molecule has 0 spiro atoms. The van der Waals surface area contributed by atoms with Crippen LogP contribution < -0.4 is 5.32 Å². The van der Waals surface area contributed by atoms with E-state index in [1.807, 2.05) is 32.7 Å². The number of hydrogen-bond acceptors (Lipinski definition) is 5. The molecule has 1 saturated heterocycles. The third-order valence-electron chi connectivity index (χ3n) is 5.83. The Hall–Kier alpha value is -1.83. The molecule has 2 aliphatic rings. The lowest BCUT2D eigenvalue weighted by molar-refractivity contribution is 0.00928. The molecule has 0 bridgehead atoms. The smallest absolute Gasteiger partial charge is 0.410 e. The molecule has 0 atom stereocenters. The molecular formula is C23H39N5O2S. The summed E-state index contributed by atoms with van der Waals surface area (Å²) < 4.78 is 5.72. The van der Waals surface area contributed by atoms with Crippen LogP contribution in [0.4, 0.5) is 4.79 Å². The largest absolute Gasteiger partial charge is 0.444 e. The number of hydrogen-bond donors (Lipinski definition) is 1. The van der Waals surface area contributed by atoms with Gasteiger partial charge in [-0.15, -0.1) is 11.3 Å². The Balaban J connectivity index is 1.51. The van der Waals surface area contributed by atoms with Crippen LogP contribution in [0.3, 0.4) is 0 Å². The van der Waals surface area contributed by atoms with Crippen molar-refractivity contribution in [1.29, 1.82) is 0 Å². The SMILES string of the molecule is CN=C(NCCc1sc(C)nc1C)N1CCC(N(CC2CC2)C(=O)OC(C)(C)C)CC1. The summed E-state index contributed by atoms with van der Waals surface area (Å²) in [5.41, 5.74) is 0.679. The second-order valence-electron chi connectivity index (χ2n) is 9.76. The molecule has 7 nitrogen and oxygen atoms in total. The molecule has 1 aromatic rings. The van der Waals surface area contributed by atoms with Gasteiger partial charge in [-0.1, -0.05) is 0 Å². The normalized spacial score (nSPS) is 18.3. The Labute approximate surface area is 191 Å². The average molecular weight is 450 g/mol. The van der Waals surface area contributed by atoms with Crippen LogP contribution in [0.1, 0.15) is 62.0 Å². The van der Waals surface area contributed by atoms with E-state index >= 15 is 0 Å². The highest BCUT2D eigenvalue weighted by atomic mass is 32.1. The molecule has 1 amide bonds. The van der Waals surface area contributed by atoms with E-state index in [-0.39, 0.29) is 12.1 Å². The summed E-state index contributed by atoms with van der Waals surface area (Å²) in [6, 6.07) is 0.243. The van der Waals surface area contributed by atoms with Gasteiger partial charge in [0.15, 0.2) is 5.96 Å². The van der Waals surface area contributed by atoms with Gasteiger partial charge in [-0.3, -0.25) is 4.99 Å². The van der Waals surface area contributed by atoms with Crippen LogP contribution >= 0.6 is 11.3 Å². The van der Waals surface area contributed by atoms with Gasteiger partial charge in [-0.2, -0.15) is 0 Å². The number of likely N-dealkylation sites (tertiary alicyclic amines) is 1. The van der Waals surface area contributed by atoms with E-state index in [0.717, 1.165) is 62.1 Å². The lowest BCUT2D eigenvalue weighted by Crippen LogP contribution is -2.52. The Kier molecular flexibility index (Phi) is 7.83. The minimum absolute atomic E-state index is 0.157. The summed E-state index contributed by atoms with van der Waals surface area (Å²) in [6.45, 7) is 13.4. The predicted octanol–water partition coefficient (Wildman–Crippen LogP) is 3.99. The van der Waals surface area contributed by atoms with Gasteiger partial charge in [0.25, 0.3) is 0 Å². The lowest BCUT2D eigenvalue weighted by Gasteiger charge is -2.40. The number of ether oxygens (including phenoxy) is 1. The van der Waals surface area contributed by atoms with E-state index in [4.69, 9.17) is 4.74 Å². The van der Waals surface area contributed by atoms with Gasteiger partial charge in [0, 0.05) is 50.6 Å². The molecule has 1 aromatic heterocycles. The quantitative estimate of drug-likeness (QED) is 0.525. The molecule has 174 valence electrons. The van der Waals surface area contributed by atoms with E-state index in [1.54, 1.807) is 11.3 Å². The average Bonchev–Trinajstić information content (AvgIpc) is 3.46. The molecule has 2 fully saturated rings. The highest BCUT2D eigenvalue weighted by molar-refractivity contribution is 7.11. The van der Waals surface area contributed by atoms with Crippen molar-refractivity contribution in [2.75, 3.05) is 33.2 Å². The van der Waals surface area contributed by atoms with Gasteiger partial charge < -0.3 is 19.9 Å². The number of amides is 1. The number of nitrogens with zero attached hydrogens (tertiary/aromatic N) is 4. The summed E-state index contributed by atoms with van der Waals surface area (Å²) in [6.07, 6.45) is 5.15. The summed E-state index contributed by atoms with van der Waals surface area (Å²) in [5.74, 6) is 1.60. The molecule has 3 rings (SSSR count). The number of aliphatic imine (C=N–C) groups is 1. The number of guanidine groups is 1. The molecule has 1 saturated carbocycles. The van der Waals surface area contributed by atoms with E-state index in [2.05, 4.69) is 34.0 Å². The van der Waals surface area contributed by atoms with Gasteiger partial charge in [-0.05, 0) is 66.2 Å². The van der Waals surface area contributed by atoms with Crippen molar-refractivity contribution in [3.05, 3.63) is 15.6 Å². The Morgan fingerprint density at radius 3 is 2.45 bits per heavy atom. The predicted molar refractivity (Wildman–Crippen MR) is 127 cm³/mol. The van der Waals surface area contributed by atoms with Crippen LogP contribution in [0, 0.1) is 19.8 Å². The maximum absolute atomic E-state index is 12.8. The van der Waals surface area contributed by atoms with Gasteiger partial charge in [0.1, 0.15) is 5.60 Å². The fraction of sp³-hybridized carbons (Fsp3) is 0.783.